The summed E-state index contributed by atoms with van der Waals surface area (Å²) in [5, 5.41) is 0. The van der Waals surface area contributed by atoms with Gasteiger partial charge >= 0.3 is 0 Å². The zero-order valence-corrected chi connectivity index (χ0v) is 11.0. The molecule has 1 aliphatic rings. The van der Waals surface area contributed by atoms with Crippen molar-refractivity contribution in [3.05, 3.63) is 0 Å². The second-order valence-corrected chi connectivity index (χ2v) is 4.88. The van der Waals surface area contributed by atoms with E-state index in [1.54, 1.807) is 0 Å². The second-order valence-electron chi connectivity index (χ2n) is 4.88. The lowest BCUT2D eigenvalue weighted by Crippen LogP contribution is -2.35. The second kappa shape index (κ2) is 9.00. The highest BCUT2D eigenvalue weighted by molar-refractivity contribution is 4.72. The average Bonchev–Trinajstić information content (AvgIpc) is 2.35. The van der Waals surface area contributed by atoms with E-state index >= 15 is 0 Å². The smallest absolute Gasteiger partial charge is 0.0837 e. The number of unbranched alkanes of at least 4 members (excludes halogenated alkanes) is 3. The molecule has 1 aliphatic heterocycles. The van der Waals surface area contributed by atoms with E-state index in [1.807, 2.05) is 0 Å². The van der Waals surface area contributed by atoms with Gasteiger partial charge in [-0.15, -0.1) is 0 Å². The summed E-state index contributed by atoms with van der Waals surface area (Å²) in [6, 6.07) is 0. The molecule has 0 radical (unpaired) electrons. The first-order valence-corrected chi connectivity index (χ1v) is 7.07. The van der Waals surface area contributed by atoms with Crippen LogP contribution >= 0.6 is 0 Å². The molecule has 0 aromatic rings. The lowest BCUT2D eigenvalue weighted by Gasteiger charge is -2.30. The van der Waals surface area contributed by atoms with Crippen LogP contribution in [-0.2, 0) is 9.47 Å². The van der Waals surface area contributed by atoms with E-state index in [9.17, 15) is 0 Å². The molecule has 0 bridgehead atoms. The van der Waals surface area contributed by atoms with Crippen molar-refractivity contribution >= 4 is 0 Å². The Morgan fingerprint density at radius 1 is 1.00 bits per heavy atom. The molecular weight excluding hydrogens is 200 g/mol. The van der Waals surface area contributed by atoms with Gasteiger partial charge in [-0.1, -0.05) is 46.0 Å². The van der Waals surface area contributed by atoms with Gasteiger partial charge in [0.25, 0.3) is 0 Å². The summed E-state index contributed by atoms with van der Waals surface area (Å²) in [5.41, 5.74) is 0. The molecule has 0 spiro atoms. The van der Waals surface area contributed by atoms with Gasteiger partial charge in [-0.25, -0.2) is 0 Å². The summed E-state index contributed by atoms with van der Waals surface area (Å²) in [4.78, 5) is 0. The minimum Gasteiger partial charge on any atom is -0.376 e. The summed E-state index contributed by atoms with van der Waals surface area (Å²) in [7, 11) is 0. The van der Waals surface area contributed by atoms with Gasteiger partial charge in [-0.3, -0.25) is 0 Å². The molecule has 2 heteroatoms. The van der Waals surface area contributed by atoms with Crippen LogP contribution in [0, 0.1) is 5.92 Å². The Balaban J connectivity index is 2.28. The number of hydrogen-bond donors (Lipinski definition) is 0. The SMILES string of the molecule is CCCCCC(CCCC)C1COCCO1. The van der Waals surface area contributed by atoms with Gasteiger partial charge in [0.15, 0.2) is 0 Å². The van der Waals surface area contributed by atoms with E-state index in [0.29, 0.717) is 6.10 Å². The van der Waals surface area contributed by atoms with Crippen LogP contribution in [0.3, 0.4) is 0 Å². The van der Waals surface area contributed by atoms with Crippen molar-refractivity contribution in [3.63, 3.8) is 0 Å². The minimum atomic E-state index is 0.372. The Hall–Kier alpha value is -0.0800. The van der Waals surface area contributed by atoms with Crippen molar-refractivity contribution in [2.45, 2.75) is 64.9 Å². The van der Waals surface area contributed by atoms with E-state index in [-0.39, 0.29) is 0 Å². The van der Waals surface area contributed by atoms with E-state index in [4.69, 9.17) is 9.47 Å². The third-order valence-corrected chi connectivity index (χ3v) is 3.47. The van der Waals surface area contributed by atoms with Crippen molar-refractivity contribution in [3.8, 4) is 0 Å². The molecule has 1 rings (SSSR count). The highest BCUT2D eigenvalue weighted by Gasteiger charge is 2.24. The Labute approximate surface area is 101 Å². The zero-order chi connectivity index (χ0) is 11.6. The predicted octanol–water partition coefficient (Wildman–Crippen LogP) is 3.79. The third-order valence-electron chi connectivity index (χ3n) is 3.47. The van der Waals surface area contributed by atoms with Crippen LogP contribution in [0.25, 0.3) is 0 Å². The van der Waals surface area contributed by atoms with Gasteiger partial charge in [-0.05, 0) is 18.8 Å². The highest BCUT2D eigenvalue weighted by Crippen LogP contribution is 2.24. The van der Waals surface area contributed by atoms with Gasteiger partial charge in [0.05, 0.1) is 25.9 Å². The van der Waals surface area contributed by atoms with Gasteiger partial charge in [0, 0.05) is 0 Å². The highest BCUT2D eigenvalue weighted by atomic mass is 16.6. The molecule has 0 N–H and O–H groups in total. The molecule has 2 atom stereocenters. The van der Waals surface area contributed by atoms with Gasteiger partial charge < -0.3 is 9.47 Å². The summed E-state index contributed by atoms with van der Waals surface area (Å²) >= 11 is 0. The van der Waals surface area contributed by atoms with E-state index in [2.05, 4.69) is 13.8 Å². The minimum absolute atomic E-state index is 0.372. The molecule has 0 saturated carbocycles. The molecule has 1 heterocycles. The lowest BCUT2D eigenvalue weighted by atomic mass is 9.90. The maximum absolute atomic E-state index is 5.84. The molecule has 0 aromatic carbocycles. The first-order chi connectivity index (χ1) is 7.88. The van der Waals surface area contributed by atoms with Crippen molar-refractivity contribution in [2.75, 3.05) is 19.8 Å². The fourth-order valence-corrected chi connectivity index (χ4v) is 2.42. The maximum Gasteiger partial charge on any atom is 0.0837 e. The molecule has 1 fully saturated rings. The Bertz CT molecular complexity index is 153. The summed E-state index contributed by atoms with van der Waals surface area (Å²) < 4.78 is 11.4. The molecule has 0 aromatic heterocycles. The van der Waals surface area contributed by atoms with E-state index in [1.165, 1.54) is 44.9 Å². The largest absolute Gasteiger partial charge is 0.376 e. The van der Waals surface area contributed by atoms with Crippen LogP contribution in [0.1, 0.15) is 58.8 Å². The van der Waals surface area contributed by atoms with E-state index < -0.39 is 0 Å². The van der Waals surface area contributed by atoms with Crippen molar-refractivity contribution < 1.29 is 9.47 Å². The molecule has 96 valence electrons. The molecule has 1 saturated heterocycles. The molecule has 2 nitrogen and oxygen atoms in total. The van der Waals surface area contributed by atoms with Gasteiger partial charge in [-0.2, -0.15) is 0 Å². The molecular formula is C14H28O2. The van der Waals surface area contributed by atoms with Crippen LogP contribution in [0.15, 0.2) is 0 Å². The summed E-state index contributed by atoms with van der Waals surface area (Å²) in [6.45, 7) is 6.93. The van der Waals surface area contributed by atoms with Crippen molar-refractivity contribution in [1.29, 1.82) is 0 Å². The number of ether oxygens (including phenoxy) is 2. The van der Waals surface area contributed by atoms with Crippen LogP contribution in [0.4, 0.5) is 0 Å². The quantitative estimate of drug-likeness (QED) is 0.588. The third kappa shape index (κ3) is 5.31. The Morgan fingerprint density at radius 3 is 2.38 bits per heavy atom. The first kappa shape index (κ1) is 14.0. The zero-order valence-electron chi connectivity index (χ0n) is 11.0. The van der Waals surface area contributed by atoms with Crippen LogP contribution in [-0.4, -0.2) is 25.9 Å². The monoisotopic (exact) mass is 228 g/mol. The molecule has 16 heavy (non-hydrogen) atoms. The lowest BCUT2D eigenvalue weighted by molar-refractivity contribution is -0.113. The fraction of sp³-hybridized carbons (Fsp3) is 1.00. The fourth-order valence-electron chi connectivity index (χ4n) is 2.42. The molecule has 2 unspecified atom stereocenters. The maximum atomic E-state index is 5.84. The Morgan fingerprint density at radius 2 is 1.75 bits per heavy atom. The normalized spacial score (nSPS) is 23.2. The van der Waals surface area contributed by atoms with Crippen LogP contribution in [0.5, 0.6) is 0 Å². The van der Waals surface area contributed by atoms with Gasteiger partial charge in [0.1, 0.15) is 0 Å². The summed E-state index contributed by atoms with van der Waals surface area (Å²) in [5.74, 6) is 0.729. The number of rotatable bonds is 8. The topological polar surface area (TPSA) is 18.5 Å². The standard InChI is InChI=1S/C14H28O2/c1-3-5-7-9-13(8-6-4-2)14-12-15-10-11-16-14/h13-14H,3-12H2,1-2H3. The van der Waals surface area contributed by atoms with Crippen molar-refractivity contribution in [1.82, 2.24) is 0 Å². The van der Waals surface area contributed by atoms with Crippen LogP contribution in [0.2, 0.25) is 0 Å². The van der Waals surface area contributed by atoms with Crippen LogP contribution < -0.4 is 0 Å². The summed E-state index contributed by atoms with van der Waals surface area (Å²) in [6.07, 6.45) is 9.64. The van der Waals surface area contributed by atoms with Gasteiger partial charge in [0.2, 0.25) is 0 Å². The molecule has 0 aliphatic carbocycles. The van der Waals surface area contributed by atoms with Crippen molar-refractivity contribution in [2.24, 2.45) is 5.92 Å². The molecule has 0 amide bonds. The van der Waals surface area contributed by atoms with E-state index in [0.717, 1.165) is 25.7 Å². The predicted molar refractivity (Wildman–Crippen MR) is 67.7 cm³/mol. The first-order valence-electron chi connectivity index (χ1n) is 7.07. The number of hydrogen-bond acceptors (Lipinski definition) is 2. The Kier molecular flexibility index (Phi) is 7.87. The average molecular weight is 228 g/mol.